The molecule has 0 saturated carbocycles. The number of aromatic nitrogens is 1. The zero-order chi connectivity index (χ0) is 13.3. The van der Waals surface area contributed by atoms with E-state index in [9.17, 15) is 0 Å². The standard InChI is InChI=1S/C14H22N2O2S/c1-3-17-9-14-8-16(4-12(14)6-18-10-14)5-13-7-19-11(2)15-13/h7,12H,3-6,8-10H2,1-2H3/t12-,14-/m1/s1. The van der Waals surface area contributed by atoms with Crippen molar-refractivity contribution in [2.45, 2.75) is 20.4 Å². The average molecular weight is 282 g/mol. The van der Waals surface area contributed by atoms with Crippen LogP contribution in [0, 0.1) is 18.3 Å². The monoisotopic (exact) mass is 282 g/mol. The van der Waals surface area contributed by atoms with Crippen LogP contribution in [0.25, 0.3) is 0 Å². The minimum Gasteiger partial charge on any atom is -0.381 e. The highest BCUT2D eigenvalue weighted by Gasteiger charge is 2.50. The van der Waals surface area contributed by atoms with Crippen LogP contribution in [0.15, 0.2) is 5.38 Å². The van der Waals surface area contributed by atoms with Crippen LogP contribution in [-0.4, -0.2) is 49.4 Å². The highest BCUT2D eigenvalue weighted by atomic mass is 32.1. The smallest absolute Gasteiger partial charge is 0.0897 e. The summed E-state index contributed by atoms with van der Waals surface area (Å²) < 4.78 is 11.4. The van der Waals surface area contributed by atoms with Crippen LogP contribution in [-0.2, 0) is 16.0 Å². The molecule has 0 N–H and O–H groups in total. The van der Waals surface area contributed by atoms with Crippen LogP contribution in [0.1, 0.15) is 17.6 Å². The lowest BCUT2D eigenvalue weighted by Gasteiger charge is -2.26. The van der Waals surface area contributed by atoms with Gasteiger partial charge < -0.3 is 9.47 Å². The molecule has 5 heteroatoms. The molecular weight excluding hydrogens is 260 g/mol. The normalized spacial score (nSPS) is 30.9. The molecule has 1 aromatic heterocycles. The second-order valence-corrected chi connectivity index (χ2v) is 6.80. The van der Waals surface area contributed by atoms with E-state index in [1.54, 1.807) is 11.3 Å². The first-order chi connectivity index (χ1) is 9.22. The van der Waals surface area contributed by atoms with Gasteiger partial charge in [0.05, 0.1) is 30.5 Å². The van der Waals surface area contributed by atoms with Crippen molar-refractivity contribution in [3.05, 3.63) is 16.1 Å². The first kappa shape index (κ1) is 13.5. The summed E-state index contributed by atoms with van der Waals surface area (Å²) in [5, 5.41) is 3.33. The molecule has 0 radical (unpaired) electrons. The fourth-order valence-electron chi connectivity index (χ4n) is 3.28. The molecule has 0 aromatic carbocycles. The lowest BCUT2D eigenvalue weighted by atomic mass is 9.82. The third-order valence-electron chi connectivity index (χ3n) is 4.24. The molecule has 2 aliphatic rings. The van der Waals surface area contributed by atoms with Gasteiger partial charge in [0.25, 0.3) is 0 Å². The maximum Gasteiger partial charge on any atom is 0.0897 e. The molecule has 0 aliphatic carbocycles. The van der Waals surface area contributed by atoms with E-state index in [-0.39, 0.29) is 5.41 Å². The third kappa shape index (κ3) is 2.70. The maximum absolute atomic E-state index is 5.70. The Morgan fingerprint density at radius 3 is 3.26 bits per heavy atom. The van der Waals surface area contributed by atoms with Crippen molar-refractivity contribution in [2.24, 2.45) is 11.3 Å². The summed E-state index contributed by atoms with van der Waals surface area (Å²) in [4.78, 5) is 7.08. The van der Waals surface area contributed by atoms with Crippen molar-refractivity contribution in [3.63, 3.8) is 0 Å². The first-order valence-electron chi connectivity index (χ1n) is 7.01. The highest BCUT2D eigenvalue weighted by molar-refractivity contribution is 7.09. The van der Waals surface area contributed by atoms with Gasteiger partial charge in [-0.25, -0.2) is 4.98 Å². The SMILES string of the molecule is CCOC[C@]12COC[C@H]1CN(Cc1csc(C)n1)C2. The fourth-order valence-corrected chi connectivity index (χ4v) is 3.89. The second-order valence-electron chi connectivity index (χ2n) is 5.74. The number of likely N-dealkylation sites (tertiary alicyclic amines) is 1. The highest BCUT2D eigenvalue weighted by Crippen LogP contribution is 2.41. The second kappa shape index (κ2) is 5.48. The largest absolute Gasteiger partial charge is 0.381 e. The molecule has 106 valence electrons. The van der Waals surface area contributed by atoms with Crippen LogP contribution >= 0.6 is 11.3 Å². The molecule has 2 saturated heterocycles. The van der Waals surface area contributed by atoms with Gasteiger partial charge in [0.15, 0.2) is 0 Å². The Morgan fingerprint density at radius 1 is 1.63 bits per heavy atom. The molecule has 0 amide bonds. The Labute approximate surface area is 118 Å². The predicted molar refractivity (Wildman–Crippen MR) is 75.4 cm³/mol. The summed E-state index contributed by atoms with van der Waals surface area (Å²) in [6.45, 7) is 10.7. The van der Waals surface area contributed by atoms with Crippen molar-refractivity contribution < 1.29 is 9.47 Å². The van der Waals surface area contributed by atoms with Gasteiger partial charge in [-0.1, -0.05) is 0 Å². The summed E-state index contributed by atoms with van der Waals surface area (Å²) in [5.41, 5.74) is 1.43. The minimum atomic E-state index is 0.223. The van der Waals surface area contributed by atoms with E-state index < -0.39 is 0 Å². The van der Waals surface area contributed by atoms with E-state index in [4.69, 9.17) is 9.47 Å². The van der Waals surface area contributed by atoms with Gasteiger partial charge in [0.2, 0.25) is 0 Å². The van der Waals surface area contributed by atoms with Crippen molar-refractivity contribution in [3.8, 4) is 0 Å². The van der Waals surface area contributed by atoms with E-state index in [1.807, 2.05) is 0 Å². The molecule has 19 heavy (non-hydrogen) atoms. The third-order valence-corrected chi connectivity index (χ3v) is 5.06. The minimum absolute atomic E-state index is 0.223. The van der Waals surface area contributed by atoms with Gasteiger partial charge in [0, 0.05) is 43.0 Å². The molecule has 3 rings (SSSR count). The van der Waals surface area contributed by atoms with Gasteiger partial charge >= 0.3 is 0 Å². The van der Waals surface area contributed by atoms with Crippen molar-refractivity contribution in [1.82, 2.24) is 9.88 Å². The van der Waals surface area contributed by atoms with E-state index in [0.717, 1.165) is 51.1 Å². The van der Waals surface area contributed by atoms with Crippen molar-refractivity contribution in [2.75, 3.05) is 39.5 Å². The van der Waals surface area contributed by atoms with E-state index in [1.165, 1.54) is 5.69 Å². The summed E-state index contributed by atoms with van der Waals surface area (Å²) in [5.74, 6) is 0.624. The zero-order valence-electron chi connectivity index (χ0n) is 11.7. The van der Waals surface area contributed by atoms with E-state index in [0.29, 0.717) is 5.92 Å². The summed E-state index contributed by atoms with van der Waals surface area (Å²) in [6.07, 6.45) is 0. The molecule has 0 unspecified atom stereocenters. The van der Waals surface area contributed by atoms with Gasteiger partial charge in [-0.05, 0) is 13.8 Å². The van der Waals surface area contributed by atoms with Crippen LogP contribution in [0.2, 0.25) is 0 Å². The summed E-state index contributed by atoms with van der Waals surface area (Å²) in [7, 11) is 0. The van der Waals surface area contributed by atoms with Gasteiger partial charge in [-0.3, -0.25) is 4.90 Å². The Balaban J connectivity index is 1.64. The number of hydrogen-bond donors (Lipinski definition) is 0. The maximum atomic E-state index is 5.70. The van der Waals surface area contributed by atoms with Crippen molar-refractivity contribution in [1.29, 1.82) is 0 Å². The number of rotatable bonds is 5. The molecule has 3 heterocycles. The summed E-state index contributed by atoms with van der Waals surface area (Å²) >= 11 is 1.73. The number of ether oxygens (including phenoxy) is 2. The Kier molecular flexibility index (Phi) is 3.89. The Bertz CT molecular complexity index is 437. The zero-order valence-corrected chi connectivity index (χ0v) is 12.5. The van der Waals surface area contributed by atoms with Gasteiger partial charge in [-0.15, -0.1) is 11.3 Å². The Hall–Kier alpha value is -0.490. The van der Waals surface area contributed by atoms with Gasteiger partial charge in [-0.2, -0.15) is 0 Å². The molecule has 2 fully saturated rings. The lowest BCUT2D eigenvalue weighted by molar-refractivity contribution is 0.0322. The van der Waals surface area contributed by atoms with Crippen LogP contribution in [0.5, 0.6) is 0 Å². The fraction of sp³-hybridized carbons (Fsp3) is 0.786. The molecule has 4 nitrogen and oxygen atoms in total. The molecule has 2 aliphatic heterocycles. The van der Waals surface area contributed by atoms with Crippen LogP contribution < -0.4 is 0 Å². The van der Waals surface area contributed by atoms with Gasteiger partial charge in [0.1, 0.15) is 0 Å². The number of hydrogen-bond acceptors (Lipinski definition) is 5. The first-order valence-corrected chi connectivity index (χ1v) is 7.89. The Morgan fingerprint density at radius 2 is 2.53 bits per heavy atom. The van der Waals surface area contributed by atoms with E-state index in [2.05, 4.69) is 29.1 Å². The topological polar surface area (TPSA) is 34.6 Å². The number of thiazole rings is 1. The molecular formula is C14H22N2O2S. The molecule has 0 bridgehead atoms. The predicted octanol–water partition coefficient (Wildman–Crippen LogP) is 1.94. The van der Waals surface area contributed by atoms with Crippen LogP contribution in [0.4, 0.5) is 0 Å². The number of fused-ring (bicyclic) bond motifs is 1. The molecule has 0 spiro atoms. The molecule has 2 atom stereocenters. The van der Waals surface area contributed by atoms with Crippen LogP contribution in [0.3, 0.4) is 0 Å². The number of aryl methyl sites for hydroxylation is 1. The molecule has 1 aromatic rings. The average Bonchev–Trinajstić information content (AvgIpc) is 3.02. The lowest BCUT2D eigenvalue weighted by Crippen LogP contribution is -2.35. The van der Waals surface area contributed by atoms with E-state index >= 15 is 0 Å². The summed E-state index contributed by atoms with van der Waals surface area (Å²) in [6, 6.07) is 0. The number of nitrogens with zero attached hydrogens (tertiary/aromatic N) is 2. The van der Waals surface area contributed by atoms with Crippen molar-refractivity contribution >= 4 is 11.3 Å². The quantitative estimate of drug-likeness (QED) is 0.826.